The zero-order valence-electron chi connectivity index (χ0n) is 12.6. The van der Waals surface area contributed by atoms with Crippen LogP contribution in [0.3, 0.4) is 0 Å². The highest BCUT2D eigenvalue weighted by atomic mass is 16.3. The van der Waals surface area contributed by atoms with Crippen LogP contribution in [0.25, 0.3) is 0 Å². The molecule has 0 spiro atoms. The van der Waals surface area contributed by atoms with E-state index in [0.29, 0.717) is 12.5 Å². The van der Waals surface area contributed by atoms with Crippen LogP contribution in [-0.2, 0) is 19.4 Å². The average Bonchev–Trinajstić information content (AvgIpc) is 2.90. The predicted octanol–water partition coefficient (Wildman–Crippen LogP) is 1.71. The number of aliphatic hydroxyl groups is 1. The van der Waals surface area contributed by atoms with Gasteiger partial charge >= 0.3 is 0 Å². The molecule has 112 valence electrons. The van der Waals surface area contributed by atoms with Gasteiger partial charge in [-0.25, -0.2) is 4.98 Å². The second-order valence-electron chi connectivity index (χ2n) is 6.44. The van der Waals surface area contributed by atoms with Crippen molar-refractivity contribution in [1.82, 2.24) is 14.5 Å². The minimum atomic E-state index is 0.315. The first-order valence-corrected chi connectivity index (χ1v) is 8.16. The summed E-state index contributed by atoms with van der Waals surface area (Å²) in [6.07, 6.45) is 7.91. The molecule has 1 atom stereocenters. The number of aromatic nitrogens is 2. The fourth-order valence-corrected chi connectivity index (χ4v) is 3.68. The Morgan fingerprint density at radius 2 is 1.95 bits per heavy atom. The molecule has 1 fully saturated rings. The average molecular weight is 277 g/mol. The van der Waals surface area contributed by atoms with Crippen molar-refractivity contribution in [3.63, 3.8) is 0 Å². The van der Waals surface area contributed by atoms with Gasteiger partial charge in [-0.1, -0.05) is 6.92 Å². The quantitative estimate of drug-likeness (QED) is 0.911. The highest BCUT2D eigenvalue weighted by molar-refractivity contribution is 5.10. The van der Waals surface area contributed by atoms with E-state index in [9.17, 15) is 5.11 Å². The van der Waals surface area contributed by atoms with Crippen LogP contribution in [0.1, 0.15) is 37.7 Å². The smallest absolute Gasteiger partial charge is 0.109 e. The maximum atomic E-state index is 9.30. The van der Waals surface area contributed by atoms with Gasteiger partial charge in [0.25, 0.3) is 0 Å². The number of hydrogen-bond acceptors (Lipinski definition) is 3. The van der Waals surface area contributed by atoms with Gasteiger partial charge in [-0.05, 0) is 57.2 Å². The van der Waals surface area contributed by atoms with Crippen molar-refractivity contribution in [1.29, 1.82) is 0 Å². The molecule has 0 aliphatic carbocycles. The van der Waals surface area contributed by atoms with Gasteiger partial charge in [0.05, 0.1) is 0 Å². The van der Waals surface area contributed by atoms with Crippen LogP contribution in [0, 0.1) is 11.8 Å². The first kappa shape index (κ1) is 14.1. The van der Waals surface area contributed by atoms with Gasteiger partial charge in [-0.2, -0.15) is 0 Å². The normalized spacial score (nSPS) is 24.8. The van der Waals surface area contributed by atoms with Crippen molar-refractivity contribution < 1.29 is 5.11 Å². The second-order valence-corrected chi connectivity index (χ2v) is 6.44. The molecule has 0 aromatic carbocycles. The molecule has 3 heterocycles. The van der Waals surface area contributed by atoms with Gasteiger partial charge in [0, 0.05) is 31.5 Å². The van der Waals surface area contributed by atoms with Crippen molar-refractivity contribution in [3.8, 4) is 0 Å². The van der Waals surface area contributed by atoms with Gasteiger partial charge in [0.2, 0.25) is 0 Å². The van der Waals surface area contributed by atoms with E-state index in [1.54, 1.807) is 0 Å². The molecule has 1 unspecified atom stereocenters. The lowest BCUT2D eigenvalue weighted by atomic mass is 9.92. The van der Waals surface area contributed by atoms with Crippen LogP contribution in [0.5, 0.6) is 0 Å². The zero-order chi connectivity index (χ0) is 13.9. The molecule has 1 aromatic heterocycles. The van der Waals surface area contributed by atoms with Gasteiger partial charge < -0.3 is 14.6 Å². The predicted molar refractivity (Wildman–Crippen MR) is 79.7 cm³/mol. The lowest BCUT2D eigenvalue weighted by Crippen LogP contribution is -2.34. The van der Waals surface area contributed by atoms with E-state index < -0.39 is 0 Å². The maximum absolute atomic E-state index is 9.30. The summed E-state index contributed by atoms with van der Waals surface area (Å²) >= 11 is 0. The Hall–Kier alpha value is -0.870. The van der Waals surface area contributed by atoms with E-state index in [1.807, 2.05) is 6.20 Å². The van der Waals surface area contributed by atoms with Crippen LogP contribution in [0.2, 0.25) is 0 Å². The molecule has 4 heteroatoms. The fraction of sp³-hybridized carbons (Fsp3) is 0.812. The number of likely N-dealkylation sites (tertiary alicyclic amines) is 1. The molecule has 1 N–H and O–H groups in total. The molecule has 4 nitrogen and oxygen atoms in total. The summed E-state index contributed by atoms with van der Waals surface area (Å²) in [5.41, 5.74) is 1.33. The molecule has 2 aliphatic rings. The van der Waals surface area contributed by atoms with Gasteiger partial charge in [0.1, 0.15) is 5.82 Å². The number of rotatable bonds is 4. The number of aliphatic hydroxyl groups excluding tert-OH is 1. The lowest BCUT2D eigenvalue weighted by molar-refractivity contribution is 0.187. The number of piperidine rings is 1. The summed E-state index contributed by atoms with van der Waals surface area (Å²) in [5.74, 6) is 2.53. The van der Waals surface area contributed by atoms with Crippen LogP contribution >= 0.6 is 0 Å². The minimum absolute atomic E-state index is 0.315. The summed E-state index contributed by atoms with van der Waals surface area (Å²) in [6.45, 7) is 7.30. The second kappa shape index (κ2) is 6.27. The molecule has 0 saturated carbocycles. The van der Waals surface area contributed by atoms with E-state index in [2.05, 4.69) is 21.4 Å². The Kier molecular flexibility index (Phi) is 4.41. The third kappa shape index (κ3) is 2.91. The third-order valence-electron chi connectivity index (χ3n) is 5.16. The molecule has 3 rings (SSSR count). The Morgan fingerprint density at radius 1 is 1.20 bits per heavy atom. The molecule has 20 heavy (non-hydrogen) atoms. The Labute approximate surface area is 121 Å². The van der Waals surface area contributed by atoms with E-state index in [-0.39, 0.29) is 0 Å². The Morgan fingerprint density at radius 3 is 2.65 bits per heavy atom. The molecule has 1 aromatic rings. The van der Waals surface area contributed by atoms with Crippen molar-refractivity contribution in [2.75, 3.05) is 26.2 Å². The van der Waals surface area contributed by atoms with E-state index in [0.717, 1.165) is 31.7 Å². The minimum Gasteiger partial charge on any atom is -0.396 e. The Bertz CT molecular complexity index is 435. The van der Waals surface area contributed by atoms with E-state index >= 15 is 0 Å². The molecule has 0 radical (unpaired) electrons. The van der Waals surface area contributed by atoms with Gasteiger partial charge in [-0.15, -0.1) is 0 Å². The topological polar surface area (TPSA) is 41.3 Å². The van der Waals surface area contributed by atoms with Crippen LogP contribution < -0.4 is 0 Å². The summed E-state index contributed by atoms with van der Waals surface area (Å²) in [6, 6.07) is 0. The van der Waals surface area contributed by atoms with Crippen LogP contribution in [0.4, 0.5) is 0 Å². The molecule has 0 amide bonds. The lowest BCUT2D eigenvalue weighted by Gasteiger charge is -2.31. The van der Waals surface area contributed by atoms with Crippen LogP contribution in [-0.4, -0.2) is 45.8 Å². The highest BCUT2D eigenvalue weighted by Crippen LogP contribution is 2.25. The third-order valence-corrected chi connectivity index (χ3v) is 5.16. The number of nitrogens with zero attached hydrogens (tertiary/aromatic N) is 3. The molecular weight excluding hydrogens is 250 g/mol. The largest absolute Gasteiger partial charge is 0.396 e. The fourth-order valence-electron chi connectivity index (χ4n) is 3.68. The van der Waals surface area contributed by atoms with Gasteiger partial charge in [0.15, 0.2) is 0 Å². The van der Waals surface area contributed by atoms with E-state index in [1.165, 1.54) is 44.0 Å². The molecular formula is C16H27N3O. The molecule has 1 saturated heterocycles. The summed E-state index contributed by atoms with van der Waals surface area (Å²) in [7, 11) is 0. The summed E-state index contributed by atoms with van der Waals surface area (Å²) < 4.78 is 2.42. The maximum Gasteiger partial charge on any atom is 0.109 e. The molecule has 2 aliphatic heterocycles. The highest BCUT2D eigenvalue weighted by Gasteiger charge is 2.24. The monoisotopic (exact) mass is 277 g/mol. The van der Waals surface area contributed by atoms with Crippen molar-refractivity contribution in [2.45, 2.75) is 45.6 Å². The van der Waals surface area contributed by atoms with Crippen molar-refractivity contribution >= 4 is 0 Å². The van der Waals surface area contributed by atoms with Crippen LogP contribution in [0.15, 0.2) is 6.20 Å². The summed E-state index contributed by atoms with van der Waals surface area (Å²) in [5, 5.41) is 9.30. The zero-order valence-corrected chi connectivity index (χ0v) is 12.6. The molecule has 0 bridgehead atoms. The first-order valence-electron chi connectivity index (χ1n) is 8.16. The number of fused-ring (bicyclic) bond motifs is 1. The SMILES string of the molecule is CCN1CCC(Cc2ncc3n2CCC(CO)C3)CC1. The standard InChI is InChI=1S/C16H27N3O/c1-2-18-6-3-13(4-7-18)10-16-17-11-15-9-14(12-20)5-8-19(15)16/h11,13-14,20H,2-10,12H2,1H3. The number of hydrogen-bond donors (Lipinski definition) is 1. The van der Waals surface area contributed by atoms with Crippen molar-refractivity contribution in [2.24, 2.45) is 11.8 Å². The first-order chi connectivity index (χ1) is 9.80. The van der Waals surface area contributed by atoms with E-state index in [4.69, 9.17) is 0 Å². The van der Waals surface area contributed by atoms with Crippen molar-refractivity contribution in [3.05, 3.63) is 17.7 Å². The summed E-state index contributed by atoms with van der Waals surface area (Å²) in [4.78, 5) is 7.21. The number of imidazole rings is 1. The van der Waals surface area contributed by atoms with Gasteiger partial charge in [-0.3, -0.25) is 0 Å². The Balaban J connectivity index is 1.61.